The largest absolute Gasteiger partial charge is 0.481 e. The van der Waals surface area contributed by atoms with Crippen molar-refractivity contribution >= 4 is 23.5 Å². The Morgan fingerprint density at radius 2 is 0.900 bits per heavy atom. The van der Waals surface area contributed by atoms with Crippen LogP contribution in [-0.2, 0) is 28.7 Å². The minimum absolute atomic E-state index is 0.201. The quantitative estimate of drug-likeness (QED) is 0.567. The molecular formula is C22H34O8. The molecule has 8 nitrogen and oxygen atoms in total. The van der Waals surface area contributed by atoms with Crippen molar-refractivity contribution in [2.75, 3.05) is 13.2 Å². The van der Waals surface area contributed by atoms with Crippen LogP contribution in [0.2, 0.25) is 0 Å². The van der Waals surface area contributed by atoms with Gasteiger partial charge in [0.2, 0.25) is 0 Å². The lowest BCUT2D eigenvalue weighted by molar-refractivity contribution is -0.159. The lowest BCUT2D eigenvalue weighted by Crippen LogP contribution is -2.50. The summed E-state index contributed by atoms with van der Waals surface area (Å²) >= 11 is 0. The van der Waals surface area contributed by atoms with Crippen LogP contribution < -0.4 is 0 Å². The number of hydrogen-bond donors (Lipinski definition) is 2. The number of ketones is 2. The molecule has 0 bridgehead atoms. The van der Waals surface area contributed by atoms with Gasteiger partial charge in [0.05, 0.1) is 25.4 Å². The number of ether oxygens (including phenoxy) is 2. The first-order valence-electron chi connectivity index (χ1n) is 10.2. The molecule has 0 unspecified atom stereocenters. The number of carbonyl (C=O) groups is 4. The third-order valence-electron chi connectivity index (χ3n) is 7.28. The van der Waals surface area contributed by atoms with Gasteiger partial charge in [0, 0.05) is 22.7 Å². The molecular weight excluding hydrogens is 392 g/mol. The van der Waals surface area contributed by atoms with Crippen LogP contribution in [0, 0.1) is 33.5 Å². The van der Waals surface area contributed by atoms with Crippen LogP contribution in [0.25, 0.3) is 0 Å². The molecule has 0 saturated carbocycles. The van der Waals surface area contributed by atoms with Crippen molar-refractivity contribution in [3.63, 3.8) is 0 Å². The SMILES string of the molecule is CC(C)(C(=O)O)C(=O)C(C)(C)[C@@H]1CO[C@H]2[C@@H]1OC[C@@H]2C(C)(C)C(=O)C(C)(C)C(=O)O. The van der Waals surface area contributed by atoms with Crippen molar-refractivity contribution < 1.29 is 38.9 Å². The summed E-state index contributed by atoms with van der Waals surface area (Å²) in [5.74, 6) is -3.96. The number of aliphatic carboxylic acids is 2. The highest BCUT2D eigenvalue weighted by Gasteiger charge is 2.61. The van der Waals surface area contributed by atoms with E-state index in [4.69, 9.17) is 9.47 Å². The summed E-state index contributed by atoms with van der Waals surface area (Å²) in [5, 5.41) is 18.9. The number of Topliss-reactive ketones (excluding diaryl/α,β-unsaturated/α-hetero) is 2. The Balaban J connectivity index is 2.29. The van der Waals surface area contributed by atoms with Crippen molar-refractivity contribution in [3.05, 3.63) is 0 Å². The summed E-state index contributed by atoms with van der Waals surface area (Å²) in [6.07, 6.45) is -0.947. The van der Waals surface area contributed by atoms with Gasteiger partial charge in [-0.15, -0.1) is 0 Å². The van der Waals surface area contributed by atoms with Gasteiger partial charge in [-0.2, -0.15) is 0 Å². The molecule has 30 heavy (non-hydrogen) atoms. The van der Waals surface area contributed by atoms with Crippen LogP contribution in [0.15, 0.2) is 0 Å². The number of rotatable bonds is 8. The predicted molar refractivity (Wildman–Crippen MR) is 107 cm³/mol. The summed E-state index contributed by atoms with van der Waals surface area (Å²) in [6, 6.07) is 0. The van der Waals surface area contributed by atoms with E-state index < -0.39 is 57.4 Å². The highest BCUT2D eigenvalue weighted by molar-refractivity contribution is 6.05. The van der Waals surface area contributed by atoms with E-state index in [1.54, 1.807) is 27.7 Å². The number of fused-ring (bicyclic) bond motifs is 1. The van der Waals surface area contributed by atoms with E-state index in [2.05, 4.69) is 0 Å². The fourth-order valence-electron chi connectivity index (χ4n) is 4.88. The van der Waals surface area contributed by atoms with Gasteiger partial charge in [0.15, 0.2) is 11.6 Å². The molecule has 2 N–H and O–H groups in total. The van der Waals surface area contributed by atoms with E-state index in [9.17, 15) is 29.4 Å². The molecule has 2 fully saturated rings. The van der Waals surface area contributed by atoms with E-state index in [0.29, 0.717) is 0 Å². The zero-order chi connectivity index (χ0) is 23.4. The average Bonchev–Trinajstić information content (AvgIpc) is 3.21. The Morgan fingerprint density at radius 1 is 0.633 bits per heavy atom. The van der Waals surface area contributed by atoms with Gasteiger partial charge >= 0.3 is 11.9 Å². The second-order valence-electron chi connectivity index (χ2n) is 10.8. The van der Waals surface area contributed by atoms with Crippen LogP contribution in [0.3, 0.4) is 0 Å². The molecule has 170 valence electrons. The predicted octanol–water partition coefficient (Wildman–Crippen LogP) is 2.43. The van der Waals surface area contributed by atoms with Crippen molar-refractivity contribution in [1.29, 1.82) is 0 Å². The molecule has 0 aliphatic carbocycles. The van der Waals surface area contributed by atoms with Gasteiger partial charge in [-0.05, 0) is 27.7 Å². The minimum atomic E-state index is -1.56. The van der Waals surface area contributed by atoms with Crippen LogP contribution in [-0.4, -0.2) is 59.1 Å². The highest BCUT2D eigenvalue weighted by Crippen LogP contribution is 2.51. The van der Waals surface area contributed by atoms with E-state index in [1.807, 2.05) is 0 Å². The monoisotopic (exact) mass is 426 g/mol. The lowest BCUT2D eigenvalue weighted by Gasteiger charge is -2.37. The highest BCUT2D eigenvalue weighted by atomic mass is 16.6. The second kappa shape index (κ2) is 7.41. The Bertz CT molecular complexity index is 697. The summed E-state index contributed by atoms with van der Waals surface area (Å²) in [5.41, 5.74) is -5.16. The van der Waals surface area contributed by atoms with Crippen LogP contribution in [0.4, 0.5) is 0 Å². The first-order valence-corrected chi connectivity index (χ1v) is 10.2. The molecule has 0 aromatic carbocycles. The van der Waals surface area contributed by atoms with Gasteiger partial charge in [0.1, 0.15) is 10.8 Å². The molecule has 0 amide bonds. The van der Waals surface area contributed by atoms with E-state index >= 15 is 0 Å². The number of carboxylic acids is 2. The van der Waals surface area contributed by atoms with Crippen LogP contribution in [0.5, 0.6) is 0 Å². The van der Waals surface area contributed by atoms with Crippen molar-refractivity contribution in [3.8, 4) is 0 Å². The molecule has 0 spiro atoms. The van der Waals surface area contributed by atoms with Gasteiger partial charge in [-0.25, -0.2) is 0 Å². The van der Waals surface area contributed by atoms with Crippen LogP contribution >= 0.6 is 0 Å². The smallest absolute Gasteiger partial charge is 0.316 e. The zero-order valence-corrected chi connectivity index (χ0v) is 19.1. The maximum atomic E-state index is 13.1. The van der Waals surface area contributed by atoms with Crippen LogP contribution in [0.1, 0.15) is 55.4 Å². The Morgan fingerprint density at radius 3 is 1.13 bits per heavy atom. The maximum Gasteiger partial charge on any atom is 0.316 e. The first-order chi connectivity index (χ1) is 13.4. The Labute approximate surface area is 177 Å². The molecule has 2 heterocycles. The molecule has 2 rings (SSSR count). The topological polar surface area (TPSA) is 127 Å². The molecule has 2 saturated heterocycles. The maximum absolute atomic E-state index is 13.1. The standard InChI is InChI=1S/C22H34O8/c1-19(2,15(23)21(5,6)17(25)26)11-9-29-14-12(10-30-13(11)14)20(3,4)16(24)22(7,8)18(27)28/h11-14H,9-10H2,1-8H3,(H,25,26)(H,27,28)/t11-,12+,13-,14-/m1/s1. The fourth-order valence-corrected chi connectivity index (χ4v) is 4.88. The Kier molecular flexibility index (Phi) is 6.04. The normalized spacial score (nSPS) is 27.6. The fraction of sp³-hybridized carbons (Fsp3) is 0.818. The van der Waals surface area contributed by atoms with Gasteiger partial charge in [0.25, 0.3) is 0 Å². The van der Waals surface area contributed by atoms with E-state index in [-0.39, 0.29) is 25.0 Å². The summed E-state index contributed by atoms with van der Waals surface area (Å²) in [6.45, 7) is 12.8. The molecule has 0 radical (unpaired) electrons. The average molecular weight is 427 g/mol. The van der Waals surface area contributed by atoms with Gasteiger partial charge in [-0.1, -0.05) is 27.7 Å². The van der Waals surface area contributed by atoms with E-state index in [1.165, 1.54) is 27.7 Å². The number of carboxylic acid groups (broad SMARTS) is 2. The van der Waals surface area contributed by atoms with Crippen molar-refractivity contribution in [1.82, 2.24) is 0 Å². The minimum Gasteiger partial charge on any atom is -0.481 e. The second-order valence-corrected chi connectivity index (χ2v) is 10.8. The molecule has 2 aliphatic heterocycles. The molecule has 0 aromatic rings. The van der Waals surface area contributed by atoms with E-state index in [0.717, 1.165) is 0 Å². The summed E-state index contributed by atoms with van der Waals surface area (Å²) < 4.78 is 12.0. The molecule has 8 heteroatoms. The third kappa shape index (κ3) is 3.58. The molecule has 2 aliphatic rings. The number of carbonyl (C=O) groups excluding carboxylic acids is 2. The number of hydrogen-bond acceptors (Lipinski definition) is 6. The molecule has 4 atom stereocenters. The van der Waals surface area contributed by atoms with Gasteiger partial charge in [-0.3, -0.25) is 19.2 Å². The van der Waals surface area contributed by atoms with Gasteiger partial charge < -0.3 is 19.7 Å². The van der Waals surface area contributed by atoms with Crippen molar-refractivity contribution in [2.45, 2.75) is 67.6 Å². The summed E-state index contributed by atoms with van der Waals surface area (Å²) in [4.78, 5) is 49.4. The lowest BCUT2D eigenvalue weighted by atomic mass is 9.63. The Hall–Kier alpha value is -1.80. The summed E-state index contributed by atoms with van der Waals surface area (Å²) in [7, 11) is 0. The first kappa shape index (κ1) is 24.5. The third-order valence-corrected chi connectivity index (χ3v) is 7.28. The zero-order valence-electron chi connectivity index (χ0n) is 19.1. The molecule has 0 aromatic heterocycles. The van der Waals surface area contributed by atoms with Crippen molar-refractivity contribution in [2.24, 2.45) is 33.5 Å².